The van der Waals surface area contributed by atoms with E-state index in [1.807, 2.05) is 0 Å². The highest BCUT2D eigenvalue weighted by molar-refractivity contribution is 7.89. The Kier molecular flexibility index (Phi) is 5.08. The molecule has 1 aromatic carbocycles. The van der Waals surface area contributed by atoms with Crippen LogP contribution in [0.2, 0.25) is 0 Å². The molecule has 7 heteroatoms. The second-order valence-corrected chi connectivity index (χ2v) is 5.28. The van der Waals surface area contributed by atoms with Crippen LogP contribution in [0.4, 0.5) is 5.69 Å². The van der Waals surface area contributed by atoms with Crippen LogP contribution in [0.3, 0.4) is 0 Å². The molecule has 0 unspecified atom stereocenters. The molecule has 1 aromatic rings. The fraction of sp³-hybridized carbons (Fsp3) is 0.250. The summed E-state index contributed by atoms with van der Waals surface area (Å²) in [5.41, 5.74) is 0.762. The van der Waals surface area contributed by atoms with E-state index in [4.69, 9.17) is 9.88 Å². The molecule has 0 radical (unpaired) electrons. The van der Waals surface area contributed by atoms with Gasteiger partial charge in [0.15, 0.2) is 0 Å². The number of ether oxygens (including phenoxy) is 1. The number of carbonyl (C=O) groups is 1. The van der Waals surface area contributed by atoms with Gasteiger partial charge >= 0.3 is 5.97 Å². The van der Waals surface area contributed by atoms with Gasteiger partial charge in [0.1, 0.15) is 4.90 Å². The summed E-state index contributed by atoms with van der Waals surface area (Å²) in [6.07, 6.45) is 1.24. The number of nitrogens with two attached hydrogens (primary N) is 1. The van der Waals surface area contributed by atoms with Gasteiger partial charge in [-0.25, -0.2) is 18.4 Å². The highest BCUT2D eigenvalue weighted by atomic mass is 32.2. The molecule has 6 nitrogen and oxygen atoms in total. The minimum absolute atomic E-state index is 0.0355. The first kappa shape index (κ1) is 15.2. The number of esters is 1. The molecule has 0 atom stereocenters. The van der Waals surface area contributed by atoms with Gasteiger partial charge in [0.2, 0.25) is 10.0 Å². The molecule has 0 aliphatic heterocycles. The van der Waals surface area contributed by atoms with Crippen molar-refractivity contribution in [3.05, 3.63) is 36.0 Å². The molecule has 104 valence electrons. The average Bonchev–Trinajstić information content (AvgIpc) is 2.28. The van der Waals surface area contributed by atoms with Gasteiger partial charge in [-0.05, 0) is 26.0 Å². The second-order valence-electron chi connectivity index (χ2n) is 3.75. The molecule has 1 rings (SSSR count). The molecule has 0 bridgehead atoms. The zero-order valence-corrected chi connectivity index (χ0v) is 11.5. The predicted molar refractivity (Wildman–Crippen MR) is 71.8 cm³/mol. The number of nitrogens with one attached hydrogen (secondary N) is 1. The van der Waals surface area contributed by atoms with Gasteiger partial charge in [-0.15, -0.1) is 0 Å². The monoisotopic (exact) mass is 284 g/mol. The van der Waals surface area contributed by atoms with Gasteiger partial charge in [0, 0.05) is 11.8 Å². The van der Waals surface area contributed by atoms with Crippen molar-refractivity contribution in [1.29, 1.82) is 0 Å². The van der Waals surface area contributed by atoms with E-state index in [0.717, 1.165) is 0 Å². The number of hydrogen-bond donors (Lipinski definition) is 2. The lowest BCUT2D eigenvalue weighted by Crippen LogP contribution is -2.15. The van der Waals surface area contributed by atoms with Crippen LogP contribution in [0.15, 0.2) is 40.9 Å². The number of benzene rings is 1. The summed E-state index contributed by atoms with van der Waals surface area (Å²) in [6, 6.07) is 6.17. The normalized spacial score (nSPS) is 12.1. The first-order valence-corrected chi connectivity index (χ1v) is 7.13. The largest absolute Gasteiger partial charge is 0.463 e. The van der Waals surface area contributed by atoms with Crippen molar-refractivity contribution in [3.63, 3.8) is 0 Å². The fourth-order valence-electron chi connectivity index (χ4n) is 1.43. The zero-order valence-electron chi connectivity index (χ0n) is 10.7. The van der Waals surface area contributed by atoms with Gasteiger partial charge in [-0.2, -0.15) is 0 Å². The molecular formula is C12H16N2O4S. The molecule has 0 spiro atoms. The molecule has 0 saturated heterocycles. The van der Waals surface area contributed by atoms with E-state index in [9.17, 15) is 13.2 Å². The molecule has 0 amide bonds. The zero-order chi connectivity index (χ0) is 14.5. The van der Waals surface area contributed by atoms with Gasteiger partial charge in [0.25, 0.3) is 0 Å². The van der Waals surface area contributed by atoms with Gasteiger partial charge in [0.05, 0.1) is 12.3 Å². The van der Waals surface area contributed by atoms with E-state index in [1.54, 1.807) is 32.0 Å². The predicted octanol–water partition coefficient (Wildman–Crippen LogP) is 1.21. The summed E-state index contributed by atoms with van der Waals surface area (Å²) in [5, 5.41) is 7.91. The lowest BCUT2D eigenvalue weighted by atomic mass is 10.3. The van der Waals surface area contributed by atoms with E-state index in [0.29, 0.717) is 11.4 Å². The van der Waals surface area contributed by atoms with E-state index in [2.05, 4.69) is 5.32 Å². The average molecular weight is 284 g/mol. The summed E-state index contributed by atoms with van der Waals surface area (Å²) in [4.78, 5) is 11.2. The molecule has 19 heavy (non-hydrogen) atoms. The molecule has 0 heterocycles. The van der Waals surface area contributed by atoms with Crippen LogP contribution in [0.5, 0.6) is 0 Å². The maximum absolute atomic E-state index is 11.4. The molecule has 0 aliphatic carbocycles. The third-order valence-electron chi connectivity index (χ3n) is 2.15. The number of sulfonamides is 1. The quantitative estimate of drug-likeness (QED) is 0.625. The Bertz CT molecular complexity index is 594. The SMILES string of the molecule is CCOC(=O)/C=C(\C)Nc1ccccc1S(N)(=O)=O. The highest BCUT2D eigenvalue weighted by Crippen LogP contribution is 2.20. The third-order valence-corrected chi connectivity index (χ3v) is 3.12. The molecule has 0 aliphatic rings. The van der Waals surface area contributed by atoms with Crippen molar-refractivity contribution >= 4 is 21.7 Å². The van der Waals surface area contributed by atoms with Crippen LogP contribution in [-0.2, 0) is 19.6 Å². The lowest BCUT2D eigenvalue weighted by molar-refractivity contribution is -0.137. The molecule has 0 fully saturated rings. The summed E-state index contributed by atoms with van der Waals surface area (Å²) in [7, 11) is -3.82. The van der Waals surface area contributed by atoms with Crippen molar-refractivity contribution in [2.75, 3.05) is 11.9 Å². The van der Waals surface area contributed by atoms with Crippen molar-refractivity contribution in [3.8, 4) is 0 Å². The summed E-state index contributed by atoms with van der Waals surface area (Å²) in [6.45, 7) is 3.60. The second kappa shape index (κ2) is 6.35. The maximum atomic E-state index is 11.4. The van der Waals surface area contributed by atoms with Crippen molar-refractivity contribution in [1.82, 2.24) is 0 Å². The van der Waals surface area contributed by atoms with Gasteiger partial charge in [-0.1, -0.05) is 12.1 Å². The first-order valence-electron chi connectivity index (χ1n) is 5.58. The number of rotatable bonds is 5. The standard InChI is InChI=1S/C12H16N2O4S/c1-3-18-12(15)8-9(2)14-10-6-4-5-7-11(10)19(13,16)17/h4-8,14H,3H2,1-2H3,(H2,13,16,17)/b9-8+. The van der Waals surface area contributed by atoms with Crippen LogP contribution in [0.25, 0.3) is 0 Å². The third kappa shape index (κ3) is 4.72. The summed E-state index contributed by atoms with van der Waals surface area (Å²) in [5.74, 6) is -0.499. The van der Waals surface area contributed by atoms with E-state index < -0.39 is 16.0 Å². The smallest absolute Gasteiger partial charge is 0.332 e. The van der Waals surface area contributed by atoms with E-state index >= 15 is 0 Å². The number of primary sulfonamides is 1. The fourth-order valence-corrected chi connectivity index (χ4v) is 2.12. The van der Waals surface area contributed by atoms with Crippen LogP contribution in [0.1, 0.15) is 13.8 Å². The Balaban J connectivity index is 2.98. The van der Waals surface area contributed by atoms with E-state index in [-0.39, 0.29) is 11.5 Å². The van der Waals surface area contributed by atoms with Crippen molar-refractivity contribution in [2.45, 2.75) is 18.7 Å². The number of hydrogen-bond acceptors (Lipinski definition) is 5. The summed E-state index contributed by atoms with van der Waals surface area (Å²) >= 11 is 0. The molecule has 3 N–H and O–H groups in total. The Morgan fingerprint density at radius 2 is 2.05 bits per heavy atom. The minimum Gasteiger partial charge on any atom is -0.463 e. The topological polar surface area (TPSA) is 98.5 Å². The van der Waals surface area contributed by atoms with Gasteiger partial charge in [-0.3, -0.25) is 0 Å². The highest BCUT2D eigenvalue weighted by Gasteiger charge is 2.13. The summed E-state index contributed by atoms with van der Waals surface area (Å²) < 4.78 is 27.5. The Morgan fingerprint density at radius 3 is 2.63 bits per heavy atom. The van der Waals surface area contributed by atoms with Crippen LogP contribution in [-0.4, -0.2) is 21.0 Å². The minimum atomic E-state index is -3.82. The number of anilines is 1. The van der Waals surface area contributed by atoms with Crippen molar-refractivity contribution in [2.24, 2.45) is 5.14 Å². The molecular weight excluding hydrogens is 268 g/mol. The Labute approximate surface area is 112 Å². The van der Waals surface area contributed by atoms with Crippen LogP contribution >= 0.6 is 0 Å². The van der Waals surface area contributed by atoms with Gasteiger partial charge < -0.3 is 10.1 Å². The lowest BCUT2D eigenvalue weighted by Gasteiger charge is -2.10. The number of para-hydroxylation sites is 1. The van der Waals surface area contributed by atoms with Crippen LogP contribution in [0, 0.1) is 0 Å². The number of allylic oxidation sites excluding steroid dienone is 1. The van der Waals surface area contributed by atoms with E-state index in [1.165, 1.54) is 12.1 Å². The first-order chi connectivity index (χ1) is 8.84. The Morgan fingerprint density at radius 1 is 1.42 bits per heavy atom. The number of carbonyl (C=O) groups excluding carboxylic acids is 1. The maximum Gasteiger partial charge on any atom is 0.332 e. The molecule has 0 aromatic heterocycles. The molecule has 0 saturated carbocycles. The van der Waals surface area contributed by atoms with Crippen LogP contribution < -0.4 is 10.5 Å². The van der Waals surface area contributed by atoms with Crippen molar-refractivity contribution < 1.29 is 17.9 Å². The Hall–Kier alpha value is -1.86.